The smallest absolute Gasteiger partial charge is 0.186 e. The minimum absolute atomic E-state index is 0.000733. The van der Waals surface area contributed by atoms with Gasteiger partial charge in [-0.1, -0.05) is 0 Å². The van der Waals surface area contributed by atoms with Gasteiger partial charge >= 0.3 is 0 Å². The Morgan fingerprint density at radius 2 is 1.86 bits per heavy atom. The van der Waals surface area contributed by atoms with Crippen molar-refractivity contribution in [1.29, 1.82) is 0 Å². The molecule has 0 unspecified atom stereocenters. The largest absolute Gasteiger partial charge is 0.348 e. The maximum atomic E-state index is 10.8. The lowest BCUT2D eigenvalue weighted by atomic mass is 9.83. The van der Waals surface area contributed by atoms with Gasteiger partial charge in [0, 0.05) is 19.3 Å². The van der Waals surface area contributed by atoms with E-state index in [1.54, 1.807) is 0 Å². The van der Waals surface area contributed by atoms with Crippen molar-refractivity contribution in [3.05, 3.63) is 0 Å². The summed E-state index contributed by atoms with van der Waals surface area (Å²) in [7, 11) is 0. The molecule has 1 spiro atoms. The molecule has 1 aliphatic carbocycles. The first-order valence-corrected chi connectivity index (χ1v) is 5.65. The quantitative estimate of drug-likeness (QED) is 0.714. The van der Waals surface area contributed by atoms with Crippen LogP contribution in [0.1, 0.15) is 32.1 Å². The first kappa shape index (κ1) is 10.5. The van der Waals surface area contributed by atoms with Crippen LogP contribution in [0.15, 0.2) is 0 Å². The second-order valence-corrected chi connectivity index (χ2v) is 4.65. The number of hydrogen-bond acceptors (Lipinski definition) is 3. The summed E-state index contributed by atoms with van der Waals surface area (Å²) in [6.07, 6.45) is 4.50. The van der Waals surface area contributed by atoms with Gasteiger partial charge in [-0.2, -0.15) is 0 Å². The Hall–Kier alpha value is -0.0600. The van der Waals surface area contributed by atoms with Gasteiger partial charge < -0.3 is 9.47 Å². The maximum Gasteiger partial charge on any atom is 0.186 e. The minimum atomic E-state index is -0.295. The SMILES string of the molecule is O=C(S)CC1CCC2(CC1)OCCO2. The van der Waals surface area contributed by atoms with Crippen molar-refractivity contribution < 1.29 is 14.3 Å². The molecule has 0 bridgehead atoms. The van der Waals surface area contributed by atoms with Crippen molar-refractivity contribution in [2.75, 3.05) is 13.2 Å². The van der Waals surface area contributed by atoms with Gasteiger partial charge in [-0.05, 0) is 18.8 Å². The molecule has 1 saturated carbocycles. The van der Waals surface area contributed by atoms with Gasteiger partial charge in [0.2, 0.25) is 0 Å². The Balaban J connectivity index is 1.82. The molecule has 1 saturated heterocycles. The Morgan fingerprint density at radius 3 is 2.36 bits per heavy atom. The highest BCUT2D eigenvalue weighted by Crippen LogP contribution is 2.39. The van der Waals surface area contributed by atoms with Crippen LogP contribution in [0.5, 0.6) is 0 Å². The number of rotatable bonds is 2. The maximum absolute atomic E-state index is 10.8. The second kappa shape index (κ2) is 4.21. The van der Waals surface area contributed by atoms with E-state index < -0.39 is 0 Å². The molecule has 14 heavy (non-hydrogen) atoms. The first-order valence-electron chi connectivity index (χ1n) is 5.20. The molecule has 0 radical (unpaired) electrons. The topological polar surface area (TPSA) is 35.5 Å². The number of carbonyl (C=O) groups is 1. The lowest BCUT2D eigenvalue weighted by Crippen LogP contribution is -2.35. The fourth-order valence-corrected chi connectivity index (χ4v) is 2.61. The number of carbonyl (C=O) groups excluding carboxylic acids is 1. The van der Waals surface area contributed by atoms with E-state index in [2.05, 4.69) is 12.6 Å². The molecule has 0 amide bonds. The lowest BCUT2D eigenvalue weighted by Gasteiger charge is -2.34. The zero-order chi connectivity index (χ0) is 10.0. The standard InChI is InChI=1S/C10H16O3S/c11-9(14)7-8-1-3-10(4-2-8)12-5-6-13-10/h8H,1-7H2,(H,11,14). The van der Waals surface area contributed by atoms with Gasteiger partial charge in [-0.25, -0.2) is 0 Å². The summed E-state index contributed by atoms with van der Waals surface area (Å²) in [6, 6.07) is 0. The van der Waals surface area contributed by atoms with Crippen molar-refractivity contribution in [3.63, 3.8) is 0 Å². The van der Waals surface area contributed by atoms with E-state index in [1.807, 2.05) is 0 Å². The average Bonchev–Trinajstić information content (AvgIpc) is 2.58. The molecular formula is C10H16O3S. The molecule has 1 heterocycles. The zero-order valence-electron chi connectivity index (χ0n) is 8.20. The van der Waals surface area contributed by atoms with Crippen LogP contribution in [-0.4, -0.2) is 24.1 Å². The third kappa shape index (κ3) is 2.30. The van der Waals surface area contributed by atoms with Crippen LogP contribution in [0, 0.1) is 5.92 Å². The van der Waals surface area contributed by atoms with Crippen LogP contribution in [0.3, 0.4) is 0 Å². The molecule has 2 aliphatic rings. The Kier molecular flexibility index (Phi) is 3.14. The van der Waals surface area contributed by atoms with Gasteiger partial charge in [-0.15, -0.1) is 12.6 Å². The summed E-state index contributed by atoms with van der Waals surface area (Å²) in [5, 5.41) is -0.000733. The average molecular weight is 216 g/mol. The van der Waals surface area contributed by atoms with Gasteiger partial charge in [0.25, 0.3) is 0 Å². The predicted octanol–water partition coefficient (Wildman–Crippen LogP) is 1.77. The van der Waals surface area contributed by atoms with Crippen molar-refractivity contribution in [2.45, 2.75) is 37.9 Å². The molecular weight excluding hydrogens is 200 g/mol. The summed E-state index contributed by atoms with van der Waals surface area (Å²) in [5.41, 5.74) is 0. The lowest BCUT2D eigenvalue weighted by molar-refractivity contribution is -0.182. The number of hydrogen-bond donors (Lipinski definition) is 1. The van der Waals surface area contributed by atoms with Crippen molar-refractivity contribution in [3.8, 4) is 0 Å². The summed E-state index contributed by atoms with van der Waals surface area (Å²) >= 11 is 3.81. The number of ether oxygens (including phenoxy) is 2. The molecule has 80 valence electrons. The van der Waals surface area contributed by atoms with Gasteiger partial charge in [0.15, 0.2) is 10.9 Å². The monoisotopic (exact) mass is 216 g/mol. The van der Waals surface area contributed by atoms with Crippen LogP contribution in [0.25, 0.3) is 0 Å². The fraction of sp³-hybridized carbons (Fsp3) is 0.900. The van der Waals surface area contributed by atoms with Crippen molar-refractivity contribution in [2.24, 2.45) is 5.92 Å². The Morgan fingerprint density at radius 1 is 1.29 bits per heavy atom. The van der Waals surface area contributed by atoms with Crippen LogP contribution in [-0.2, 0) is 14.3 Å². The van der Waals surface area contributed by atoms with Gasteiger partial charge in [0.05, 0.1) is 13.2 Å². The highest BCUT2D eigenvalue weighted by Gasteiger charge is 2.40. The second-order valence-electron chi connectivity index (χ2n) is 4.15. The third-order valence-corrected chi connectivity index (χ3v) is 3.33. The molecule has 2 rings (SSSR count). The molecule has 1 aliphatic heterocycles. The van der Waals surface area contributed by atoms with Gasteiger partial charge in [-0.3, -0.25) is 4.79 Å². The van der Waals surface area contributed by atoms with E-state index in [0.717, 1.165) is 38.9 Å². The van der Waals surface area contributed by atoms with Crippen LogP contribution < -0.4 is 0 Å². The molecule has 4 heteroatoms. The van der Waals surface area contributed by atoms with Crippen LogP contribution >= 0.6 is 12.6 Å². The summed E-state index contributed by atoms with van der Waals surface area (Å²) in [5.74, 6) is 0.189. The Labute approximate surface area is 89.6 Å². The van der Waals surface area contributed by atoms with Crippen molar-refractivity contribution >= 4 is 17.7 Å². The summed E-state index contributed by atoms with van der Waals surface area (Å²) in [6.45, 7) is 1.44. The molecule has 2 fully saturated rings. The summed E-state index contributed by atoms with van der Waals surface area (Å²) < 4.78 is 11.2. The van der Waals surface area contributed by atoms with E-state index in [-0.39, 0.29) is 10.9 Å². The number of thiol groups is 1. The van der Waals surface area contributed by atoms with E-state index in [1.165, 1.54) is 0 Å². The normalized spacial score (nSPS) is 26.9. The third-order valence-electron chi connectivity index (χ3n) is 3.14. The van der Waals surface area contributed by atoms with Crippen LogP contribution in [0.4, 0.5) is 0 Å². The van der Waals surface area contributed by atoms with Crippen molar-refractivity contribution in [1.82, 2.24) is 0 Å². The molecule has 0 atom stereocenters. The molecule has 0 N–H and O–H groups in total. The molecule has 0 aromatic heterocycles. The molecule has 0 aromatic rings. The van der Waals surface area contributed by atoms with Crippen LogP contribution in [0.2, 0.25) is 0 Å². The first-order chi connectivity index (χ1) is 6.70. The fourth-order valence-electron chi connectivity index (χ4n) is 2.35. The zero-order valence-corrected chi connectivity index (χ0v) is 9.09. The van der Waals surface area contributed by atoms with E-state index in [9.17, 15) is 4.79 Å². The van der Waals surface area contributed by atoms with E-state index >= 15 is 0 Å². The van der Waals surface area contributed by atoms with E-state index in [0.29, 0.717) is 12.3 Å². The van der Waals surface area contributed by atoms with Gasteiger partial charge in [0.1, 0.15) is 0 Å². The highest BCUT2D eigenvalue weighted by molar-refractivity contribution is 7.96. The minimum Gasteiger partial charge on any atom is -0.348 e. The Bertz CT molecular complexity index is 213. The molecule has 0 aromatic carbocycles. The predicted molar refractivity (Wildman–Crippen MR) is 55.2 cm³/mol. The summed E-state index contributed by atoms with van der Waals surface area (Å²) in [4.78, 5) is 10.8. The highest BCUT2D eigenvalue weighted by atomic mass is 32.1. The van der Waals surface area contributed by atoms with E-state index in [4.69, 9.17) is 9.47 Å². The molecule has 3 nitrogen and oxygen atoms in total.